The van der Waals surface area contributed by atoms with Gasteiger partial charge in [0.1, 0.15) is 9.84 Å². The second kappa shape index (κ2) is 4.27. The van der Waals surface area contributed by atoms with Crippen LogP contribution in [-0.4, -0.2) is 44.7 Å². The first-order chi connectivity index (χ1) is 7.41. The van der Waals surface area contributed by atoms with Gasteiger partial charge >= 0.3 is 0 Å². The van der Waals surface area contributed by atoms with E-state index < -0.39 is 9.84 Å². The Hall–Kier alpha value is -0.130. The van der Waals surface area contributed by atoms with Crippen molar-refractivity contribution in [2.45, 2.75) is 38.3 Å². The molecule has 2 rings (SSSR count). The van der Waals surface area contributed by atoms with Crippen molar-refractivity contribution in [3.05, 3.63) is 0 Å². The van der Waals surface area contributed by atoms with E-state index in [1.54, 1.807) is 0 Å². The molecule has 2 saturated heterocycles. The van der Waals surface area contributed by atoms with Crippen LogP contribution < -0.4 is 5.32 Å². The average molecular weight is 247 g/mol. The Morgan fingerprint density at radius 1 is 1.25 bits per heavy atom. The summed E-state index contributed by atoms with van der Waals surface area (Å²) in [6.45, 7) is 5.80. The van der Waals surface area contributed by atoms with E-state index in [0.717, 1.165) is 26.0 Å². The minimum atomic E-state index is -2.76. The van der Waals surface area contributed by atoms with Crippen LogP contribution in [0.2, 0.25) is 0 Å². The maximum absolute atomic E-state index is 11.4. The van der Waals surface area contributed by atoms with E-state index in [0.29, 0.717) is 17.4 Å². The van der Waals surface area contributed by atoms with Gasteiger partial charge in [0.2, 0.25) is 0 Å². The van der Waals surface area contributed by atoms with E-state index in [-0.39, 0.29) is 11.6 Å². The Kier molecular flexibility index (Phi) is 3.29. The molecular weight excluding hydrogens is 226 g/mol. The van der Waals surface area contributed by atoms with Crippen LogP contribution in [0.5, 0.6) is 0 Å². The summed E-state index contributed by atoms with van der Waals surface area (Å²) in [4.78, 5) is 0. The molecule has 0 aromatic rings. The molecule has 16 heavy (non-hydrogen) atoms. The van der Waals surface area contributed by atoms with Crippen LogP contribution in [0.4, 0.5) is 0 Å². The predicted molar refractivity (Wildman–Crippen MR) is 63.2 cm³/mol. The van der Waals surface area contributed by atoms with E-state index in [2.05, 4.69) is 19.2 Å². The number of rotatable bonds is 1. The van der Waals surface area contributed by atoms with E-state index in [1.165, 1.54) is 0 Å². The maximum Gasteiger partial charge on any atom is 0.150 e. The van der Waals surface area contributed by atoms with Gasteiger partial charge in [0.05, 0.1) is 23.7 Å². The molecule has 1 atom stereocenters. The molecule has 94 valence electrons. The van der Waals surface area contributed by atoms with Gasteiger partial charge in [-0.05, 0) is 32.6 Å². The largest absolute Gasteiger partial charge is 0.373 e. The fourth-order valence-electron chi connectivity index (χ4n) is 2.84. The SMILES string of the molecule is CC1(C)OCCNC1C1CCS(=O)(=O)CC1. The maximum atomic E-state index is 11.4. The van der Waals surface area contributed by atoms with Crippen molar-refractivity contribution in [3.63, 3.8) is 0 Å². The quantitative estimate of drug-likeness (QED) is 0.736. The van der Waals surface area contributed by atoms with Crippen LogP contribution in [0.1, 0.15) is 26.7 Å². The number of nitrogens with one attached hydrogen (secondary N) is 1. The zero-order chi connectivity index (χ0) is 11.8. The summed E-state index contributed by atoms with van der Waals surface area (Å²) in [5, 5.41) is 3.49. The van der Waals surface area contributed by atoms with Crippen molar-refractivity contribution in [1.82, 2.24) is 5.32 Å². The molecule has 5 heteroatoms. The second-order valence-electron chi connectivity index (χ2n) is 5.37. The van der Waals surface area contributed by atoms with Gasteiger partial charge in [-0.25, -0.2) is 8.42 Å². The lowest BCUT2D eigenvalue weighted by molar-refractivity contribution is -0.0868. The van der Waals surface area contributed by atoms with Crippen molar-refractivity contribution in [1.29, 1.82) is 0 Å². The fraction of sp³-hybridized carbons (Fsp3) is 1.00. The van der Waals surface area contributed by atoms with Gasteiger partial charge in [-0.3, -0.25) is 0 Å². The first-order valence-electron chi connectivity index (χ1n) is 5.98. The Bertz CT molecular complexity index is 336. The molecule has 2 aliphatic heterocycles. The molecule has 2 heterocycles. The predicted octanol–water partition coefficient (Wildman–Crippen LogP) is 0.578. The Morgan fingerprint density at radius 3 is 2.44 bits per heavy atom. The molecule has 2 aliphatic rings. The highest BCUT2D eigenvalue weighted by molar-refractivity contribution is 7.91. The third-order valence-electron chi connectivity index (χ3n) is 3.76. The van der Waals surface area contributed by atoms with Crippen LogP contribution in [0.15, 0.2) is 0 Å². The average Bonchev–Trinajstić information content (AvgIpc) is 2.18. The third kappa shape index (κ3) is 2.57. The van der Waals surface area contributed by atoms with Crippen molar-refractivity contribution in [2.24, 2.45) is 5.92 Å². The summed E-state index contributed by atoms with van der Waals surface area (Å²) in [5.41, 5.74) is -0.177. The summed E-state index contributed by atoms with van der Waals surface area (Å²) in [6, 6.07) is 0.289. The van der Waals surface area contributed by atoms with Crippen LogP contribution in [-0.2, 0) is 14.6 Å². The minimum Gasteiger partial charge on any atom is -0.373 e. The lowest BCUT2D eigenvalue weighted by atomic mass is 9.82. The summed E-state index contributed by atoms with van der Waals surface area (Å²) < 4.78 is 28.5. The Labute approximate surface area is 97.7 Å². The molecule has 0 amide bonds. The van der Waals surface area contributed by atoms with E-state index in [1.807, 2.05) is 0 Å². The highest BCUT2D eigenvalue weighted by atomic mass is 32.2. The molecule has 2 fully saturated rings. The van der Waals surface area contributed by atoms with Gasteiger partial charge in [-0.15, -0.1) is 0 Å². The van der Waals surface area contributed by atoms with Gasteiger partial charge in [-0.2, -0.15) is 0 Å². The van der Waals surface area contributed by atoms with Gasteiger partial charge < -0.3 is 10.1 Å². The van der Waals surface area contributed by atoms with Crippen molar-refractivity contribution in [2.75, 3.05) is 24.7 Å². The molecule has 0 bridgehead atoms. The van der Waals surface area contributed by atoms with Crippen LogP contribution >= 0.6 is 0 Å². The topological polar surface area (TPSA) is 55.4 Å². The number of morpholine rings is 1. The highest BCUT2D eigenvalue weighted by Gasteiger charge is 2.40. The first-order valence-corrected chi connectivity index (χ1v) is 7.81. The fourth-order valence-corrected chi connectivity index (χ4v) is 4.37. The number of hydrogen-bond acceptors (Lipinski definition) is 4. The highest BCUT2D eigenvalue weighted by Crippen LogP contribution is 2.31. The molecule has 0 aromatic heterocycles. The Morgan fingerprint density at radius 2 is 1.88 bits per heavy atom. The summed E-state index contributed by atoms with van der Waals surface area (Å²) in [5.74, 6) is 1.11. The summed E-state index contributed by atoms with van der Waals surface area (Å²) in [6.07, 6.45) is 1.54. The lowest BCUT2D eigenvalue weighted by Gasteiger charge is -2.44. The molecule has 0 aliphatic carbocycles. The zero-order valence-corrected chi connectivity index (χ0v) is 10.8. The second-order valence-corrected chi connectivity index (χ2v) is 7.68. The van der Waals surface area contributed by atoms with Gasteiger partial charge in [0.25, 0.3) is 0 Å². The number of ether oxygens (including phenoxy) is 1. The molecule has 0 radical (unpaired) electrons. The molecular formula is C11H21NO3S. The van der Waals surface area contributed by atoms with E-state index in [9.17, 15) is 8.42 Å². The number of sulfone groups is 1. The van der Waals surface area contributed by atoms with Crippen molar-refractivity contribution < 1.29 is 13.2 Å². The molecule has 4 nitrogen and oxygen atoms in total. The monoisotopic (exact) mass is 247 g/mol. The van der Waals surface area contributed by atoms with E-state index >= 15 is 0 Å². The van der Waals surface area contributed by atoms with Gasteiger partial charge in [0, 0.05) is 12.6 Å². The molecule has 1 N–H and O–H groups in total. The van der Waals surface area contributed by atoms with Crippen LogP contribution in [0.25, 0.3) is 0 Å². The van der Waals surface area contributed by atoms with Crippen molar-refractivity contribution >= 4 is 9.84 Å². The number of hydrogen-bond donors (Lipinski definition) is 1. The summed E-state index contributed by atoms with van der Waals surface area (Å²) >= 11 is 0. The molecule has 0 saturated carbocycles. The third-order valence-corrected chi connectivity index (χ3v) is 5.48. The van der Waals surface area contributed by atoms with Crippen molar-refractivity contribution in [3.8, 4) is 0 Å². The Balaban J connectivity index is 2.02. The first kappa shape index (κ1) is 12.3. The minimum absolute atomic E-state index is 0.177. The molecule has 1 unspecified atom stereocenters. The van der Waals surface area contributed by atoms with E-state index in [4.69, 9.17) is 4.74 Å². The van der Waals surface area contributed by atoms with Crippen LogP contribution in [0, 0.1) is 5.92 Å². The smallest absolute Gasteiger partial charge is 0.150 e. The zero-order valence-electron chi connectivity index (χ0n) is 10.0. The molecule has 0 spiro atoms. The molecule has 0 aromatic carbocycles. The summed E-state index contributed by atoms with van der Waals surface area (Å²) in [7, 11) is -2.76. The standard InChI is InChI=1S/C11H21NO3S/c1-11(2)10(12-5-6-15-11)9-3-7-16(13,14)8-4-9/h9-10,12H,3-8H2,1-2H3. The lowest BCUT2D eigenvalue weighted by Crippen LogP contribution is -2.59. The van der Waals surface area contributed by atoms with Gasteiger partial charge in [-0.1, -0.05) is 0 Å². The van der Waals surface area contributed by atoms with Crippen LogP contribution in [0.3, 0.4) is 0 Å². The normalized spacial score (nSPS) is 34.8. The van der Waals surface area contributed by atoms with Gasteiger partial charge in [0.15, 0.2) is 0 Å².